The van der Waals surface area contributed by atoms with Gasteiger partial charge in [-0.15, -0.1) is 0 Å². The van der Waals surface area contributed by atoms with E-state index < -0.39 is 0 Å². The third-order valence-corrected chi connectivity index (χ3v) is 4.66. The van der Waals surface area contributed by atoms with Crippen molar-refractivity contribution in [2.24, 2.45) is 5.92 Å². The Labute approximate surface area is 132 Å². The van der Waals surface area contributed by atoms with Crippen LogP contribution in [0.5, 0.6) is 5.75 Å². The lowest BCUT2D eigenvalue weighted by Crippen LogP contribution is -2.52. The number of anilines is 1. The first-order valence-corrected chi connectivity index (χ1v) is 8.17. The number of methoxy groups -OCH3 is 1. The molecule has 0 spiro atoms. The van der Waals surface area contributed by atoms with Crippen LogP contribution in [0.4, 0.5) is 5.69 Å². The number of carbonyl (C=O) groups is 1. The summed E-state index contributed by atoms with van der Waals surface area (Å²) in [4.78, 5) is 16.9. The Hall–Kier alpha value is -1.75. The van der Waals surface area contributed by atoms with E-state index in [-0.39, 0.29) is 5.92 Å². The fourth-order valence-corrected chi connectivity index (χ4v) is 3.38. The standard InChI is InChI=1S/C17H25N3O2/c1-22-16-7-3-2-6-15(16)19-9-11-20(12-10-19)17(21)14-5-4-8-18-13-14/h2-3,6-7,14,18H,4-5,8-13H2,1H3. The molecule has 0 bridgehead atoms. The molecule has 1 amide bonds. The molecule has 120 valence electrons. The number of ether oxygens (including phenoxy) is 1. The summed E-state index contributed by atoms with van der Waals surface area (Å²) < 4.78 is 5.44. The first-order chi connectivity index (χ1) is 10.8. The van der Waals surface area contributed by atoms with Gasteiger partial charge in [-0.25, -0.2) is 0 Å². The zero-order chi connectivity index (χ0) is 15.4. The number of hydrogen-bond donors (Lipinski definition) is 1. The van der Waals surface area contributed by atoms with E-state index >= 15 is 0 Å². The highest BCUT2D eigenvalue weighted by Crippen LogP contribution is 2.28. The van der Waals surface area contributed by atoms with E-state index in [9.17, 15) is 4.79 Å². The first-order valence-electron chi connectivity index (χ1n) is 8.17. The van der Waals surface area contributed by atoms with Gasteiger partial charge in [0.05, 0.1) is 18.7 Å². The van der Waals surface area contributed by atoms with E-state index in [1.165, 1.54) is 0 Å². The van der Waals surface area contributed by atoms with Gasteiger partial charge in [-0.3, -0.25) is 4.79 Å². The smallest absolute Gasteiger partial charge is 0.227 e. The van der Waals surface area contributed by atoms with Crippen LogP contribution in [0.15, 0.2) is 24.3 Å². The number of rotatable bonds is 3. The van der Waals surface area contributed by atoms with E-state index in [0.717, 1.165) is 63.5 Å². The molecule has 5 nitrogen and oxygen atoms in total. The Bertz CT molecular complexity index is 506. The summed E-state index contributed by atoms with van der Waals surface area (Å²) in [5.41, 5.74) is 1.12. The van der Waals surface area contributed by atoms with Crippen LogP contribution in [0.3, 0.4) is 0 Å². The van der Waals surface area contributed by atoms with Gasteiger partial charge in [0.15, 0.2) is 0 Å². The zero-order valence-electron chi connectivity index (χ0n) is 13.3. The Morgan fingerprint density at radius 2 is 2.00 bits per heavy atom. The lowest BCUT2D eigenvalue weighted by molar-refractivity contribution is -0.136. The van der Waals surface area contributed by atoms with Gasteiger partial charge >= 0.3 is 0 Å². The van der Waals surface area contributed by atoms with E-state index in [0.29, 0.717) is 5.91 Å². The maximum absolute atomic E-state index is 12.6. The van der Waals surface area contributed by atoms with Gasteiger partial charge in [-0.2, -0.15) is 0 Å². The molecule has 0 aromatic heterocycles. The summed E-state index contributed by atoms with van der Waals surface area (Å²) >= 11 is 0. The lowest BCUT2D eigenvalue weighted by atomic mass is 9.98. The third-order valence-electron chi connectivity index (χ3n) is 4.66. The average molecular weight is 303 g/mol. The van der Waals surface area contributed by atoms with E-state index in [1.807, 2.05) is 23.1 Å². The number of piperazine rings is 1. The molecule has 1 atom stereocenters. The van der Waals surface area contributed by atoms with Crippen LogP contribution in [-0.2, 0) is 4.79 Å². The highest BCUT2D eigenvalue weighted by atomic mass is 16.5. The van der Waals surface area contributed by atoms with Gasteiger partial charge in [0.25, 0.3) is 0 Å². The van der Waals surface area contributed by atoms with Gasteiger partial charge in [-0.05, 0) is 31.5 Å². The van der Waals surface area contributed by atoms with E-state index in [2.05, 4.69) is 16.3 Å². The monoisotopic (exact) mass is 303 g/mol. The molecule has 2 aliphatic rings. The molecule has 1 aromatic rings. The quantitative estimate of drug-likeness (QED) is 0.915. The second-order valence-corrected chi connectivity index (χ2v) is 6.03. The second-order valence-electron chi connectivity index (χ2n) is 6.03. The third kappa shape index (κ3) is 3.19. The summed E-state index contributed by atoms with van der Waals surface area (Å²) in [5, 5.41) is 3.33. The van der Waals surface area contributed by atoms with Crippen molar-refractivity contribution in [3.8, 4) is 5.75 Å². The predicted octanol–water partition coefficient (Wildman–Crippen LogP) is 1.34. The Kier molecular flexibility index (Phi) is 4.83. The van der Waals surface area contributed by atoms with Crippen LogP contribution in [0, 0.1) is 5.92 Å². The van der Waals surface area contributed by atoms with E-state index in [4.69, 9.17) is 4.74 Å². The van der Waals surface area contributed by atoms with Gasteiger partial charge < -0.3 is 19.9 Å². The molecule has 3 rings (SSSR count). The molecule has 1 N–H and O–H groups in total. The molecular formula is C17H25N3O2. The zero-order valence-corrected chi connectivity index (χ0v) is 13.3. The largest absolute Gasteiger partial charge is 0.495 e. The topological polar surface area (TPSA) is 44.8 Å². The van der Waals surface area contributed by atoms with E-state index in [1.54, 1.807) is 7.11 Å². The molecule has 5 heteroatoms. The first kappa shape index (κ1) is 15.2. The number of piperidine rings is 1. The lowest BCUT2D eigenvalue weighted by Gasteiger charge is -2.38. The Morgan fingerprint density at radius 3 is 2.68 bits per heavy atom. The molecular weight excluding hydrogens is 278 g/mol. The van der Waals surface area contributed by atoms with Gasteiger partial charge in [0.2, 0.25) is 5.91 Å². The van der Waals surface area contributed by atoms with Gasteiger partial charge in [0, 0.05) is 32.7 Å². The molecule has 2 saturated heterocycles. The molecule has 1 unspecified atom stereocenters. The molecule has 1 aromatic carbocycles. The highest BCUT2D eigenvalue weighted by Gasteiger charge is 2.28. The molecule has 2 fully saturated rings. The normalized spacial score (nSPS) is 22.5. The molecule has 2 aliphatic heterocycles. The maximum Gasteiger partial charge on any atom is 0.227 e. The number of benzene rings is 1. The average Bonchev–Trinajstić information content (AvgIpc) is 2.62. The van der Waals surface area contributed by atoms with Crippen molar-refractivity contribution in [1.29, 1.82) is 0 Å². The molecule has 2 heterocycles. The van der Waals surface area contributed by atoms with Gasteiger partial charge in [0.1, 0.15) is 5.75 Å². The maximum atomic E-state index is 12.6. The van der Waals surface area contributed by atoms with Crippen LogP contribution >= 0.6 is 0 Å². The van der Waals surface area contributed by atoms with Crippen LogP contribution in [-0.4, -0.2) is 57.2 Å². The molecule has 0 saturated carbocycles. The Balaban J connectivity index is 1.59. The summed E-state index contributed by atoms with van der Waals surface area (Å²) in [6.45, 7) is 5.22. The highest BCUT2D eigenvalue weighted by molar-refractivity contribution is 5.79. The van der Waals surface area contributed by atoms with Crippen molar-refractivity contribution in [2.75, 3.05) is 51.3 Å². The Morgan fingerprint density at radius 1 is 1.23 bits per heavy atom. The van der Waals surface area contributed by atoms with Crippen molar-refractivity contribution in [2.45, 2.75) is 12.8 Å². The van der Waals surface area contributed by atoms with Crippen molar-refractivity contribution < 1.29 is 9.53 Å². The van der Waals surface area contributed by atoms with Crippen molar-refractivity contribution in [3.63, 3.8) is 0 Å². The van der Waals surface area contributed by atoms with Crippen molar-refractivity contribution in [1.82, 2.24) is 10.2 Å². The predicted molar refractivity (Wildman–Crippen MR) is 87.4 cm³/mol. The minimum absolute atomic E-state index is 0.173. The fraction of sp³-hybridized carbons (Fsp3) is 0.588. The number of carbonyl (C=O) groups excluding carboxylic acids is 1. The number of nitrogens with zero attached hydrogens (tertiary/aromatic N) is 2. The number of para-hydroxylation sites is 2. The van der Waals surface area contributed by atoms with Crippen LogP contribution in [0.1, 0.15) is 12.8 Å². The summed E-state index contributed by atoms with van der Waals surface area (Å²) in [7, 11) is 1.70. The van der Waals surface area contributed by atoms with Crippen molar-refractivity contribution in [3.05, 3.63) is 24.3 Å². The van der Waals surface area contributed by atoms with Crippen LogP contribution in [0.2, 0.25) is 0 Å². The number of amides is 1. The van der Waals surface area contributed by atoms with Crippen molar-refractivity contribution >= 4 is 11.6 Å². The number of hydrogen-bond acceptors (Lipinski definition) is 4. The summed E-state index contributed by atoms with van der Waals surface area (Å²) in [5.74, 6) is 1.40. The van der Waals surface area contributed by atoms with Crippen LogP contribution < -0.4 is 15.0 Å². The van der Waals surface area contributed by atoms with Crippen LogP contribution in [0.25, 0.3) is 0 Å². The minimum atomic E-state index is 0.173. The van der Waals surface area contributed by atoms with Gasteiger partial charge in [-0.1, -0.05) is 12.1 Å². The minimum Gasteiger partial charge on any atom is -0.495 e. The fourth-order valence-electron chi connectivity index (χ4n) is 3.38. The molecule has 0 radical (unpaired) electrons. The SMILES string of the molecule is COc1ccccc1N1CCN(C(=O)C2CCCNC2)CC1. The molecule has 22 heavy (non-hydrogen) atoms. The summed E-state index contributed by atoms with van der Waals surface area (Å²) in [6, 6.07) is 8.09. The number of nitrogens with one attached hydrogen (secondary N) is 1. The molecule has 0 aliphatic carbocycles. The second kappa shape index (κ2) is 7.01. The summed E-state index contributed by atoms with van der Waals surface area (Å²) in [6.07, 6.45) is 2.14.